The number of allylic oxidation sites excluding steroid dienone is 4. The van der Waals surface area contributed by atoms with Crippen LogP contribution >= 0.6 is 0 Å². The summed E-state index contributed by atoms with van der Waals surface area (Å²) in [5.41, 5.74) is 2.09. The van der Waals surface area contributed by atoms with E-state index in [9.17, 15) is 9.59 Å². The minimum Gasteiger partial charge on any atom is -0.488 e. The third kappa shape index (κ3) is 8.64. The molecule has 1 heterocycles. The fourth-order valence-electron chi connectivity index (χ4n) is 3.10. The average molecular weight is 455 g/mol. The Morgan fingerprint density at radius 1 is 1.00 bits per heavy atom. The molecular formula is C27H34O6. The normalized spacial score (nSPS) is 11.6. The Morgan fingerprint density at radius 3 is 2.48 bits per heavy atom. The van der Waals surface area contributed by atoms with Gasteiger partial charge in [0.25, 0.3) is 0 Å². The van der Waals surface area contributed by atoms with Crippen molar-refractivity contribution >= 4 is 16.9 Å². The zero-order chi connectivity index (χ0) is 24.2. The van der Waals surface area contributed by atoms with Crippen LogP contribution in [0.25, 0.3) is 11.0 Å². The first-order valence-electron chi connectivity index (χ1n) is 11.3. The smallest absolute Gasteiger partial charge is 0.383 e. The Labute approximate surface area is 195 Å². The van der Waals surface area contributed by atoms with Crippen molar-refractivity contribution in [1.82, 2.24) is 0 Å². The van der Waals surface area contributed by atoms with Gasteiger partial charge in [-0.05, 0) is 64.7 Å². The lowest BCUT2D eigenvalue weighted by Crippen LogP contribution is -2.11. The summed E-state index contributed by atoms with van der Waals surface area (Å²) >= 11 is 0. The third-order valence-electron chi connectivity index (χ3n) is 4.74. The van der Waals surface area contributed by atoms with E-state index in [-0.39, 0.29) is 17.9 Å². The van der Waals surface area contributed by atoms with Crippen molar-refractivity contribution in [2.45, 2.75) is 60.3 Å². The highest BCUT2D eigenvalue weighted by Crippen LogP contribution is 2.35. The number of rotatable bonds is 12. The third-order valence-corrected chi connectivity index (χ3v) is 4.74. The Kier molecular flexibility index (Phi) is 10.5. The van der Waals surface area contributed by atoms with Crippen molar-refractivity contribution in [3.63, 3.8) is 0 Å². The van der Waals surface area contributed by atoms with Crippen LogP contribution in [-0.4, -0.2) is 19.2 Å². The molecule has 0 atom stereocenters. The van der Waals surface area contributed by atoms with Gasteiger partial charge < -0.3 is 18.6 Å². The van der Waals surface area contributed by atoms with Crippen LogP contribution in [0.3, 0.4) is 0 Å². The van der Waals surface area contributed by atoms with Gasteiger partial charge in [0.2, 0.25) is 5.75 Å². The summed E-state index contributed by atoms with van der Waals surface area (Å²) in [6.45, 7) is 10.2. The highest BCUT2D eigenvalue weighted by Gasteiger charge is 2.18. The molecule has 33 heavy (non-hydrogen) atoms. The van der Waals surface area contributed by atoms with Gasteiger partial charge in [0.15, 0.2) is 5.75 Å². The van der Waals surface area contributed by atoms with Gasteiger partial charge in [-0.15, -0.1) is 0 Å². The summed E-state index contributed by atoms with van der Waals surface area (Å²) in [6.07, 6.45) is 11.8. The van der Waals surface area contributed by atoms with E-state index in [4.69, 9.17) is 18.6 Å². The van der Waals surface area contributed by atoms with Crippen molar-refractivity contribution in [3.05, 3.63) is 64.1 Å². The Balaban J connectivity index is 2.29. The van der Waals surface area contributed by atoms with Crippen LogP contribution < -0.4 is 19.8 Å². The zero-order valence-corrected chi connectivity index (χ0v) is 20.2. The van der Waals surface area contributed by atoms with Crippen LogP contribution in [0.15, 0.2) is 62.9 Å². The molecule has 2 aromatic rings. The van der Waals surface area contributed by atoms with E-state index in [1.807, 2.05) is 19.1 Å². The summed E-state index contributed by atoms with van der Waals surface area (Å²) in [5, 5.41) is 0.573. The second-order valence-corrected chi connectivity index (χ2v) is 8.00. The molecule has 0 unspecified atom stereocenters. The number of esters is 1. The van der Waals surface area contributed by atoms with Gasteiger partial charge in [-0.1, -0.05) is 36.3 Å². The van der Waals surface area contributed by atoms with Crippen LogP contribution in [0.5, 0.6) is 17.2 Å². The Bertz CT molecular complexity index is 1080. The molecule has 0 saturated carbocycles. The first-order chi connectivity index (χ1) is 15.8. The molecule has 6 heteroatoms. The molecule has 0 radical (unpaired) electrons. The van der Waals surface area contributed by atoms with E-state index in [2.05, 4.69) is 32.9 Å². The maximum atomic E-state index is 12.7. The minimum atomic E-state index is -0.642. The Hall–Kier alpha value is -3.28. The highest BCUT2D eigenvalue weighted by molar-refractivity contribution is 5.87. The van der Waals surface area contributed by atoms with Gasteiger partial charge in [0.05, 0.1) is 12.0 Å². The molecule has 0 spiro atoms. The molecule has 6 nitrogen and oxygen atoms in total. The van der Waals surface area contributed by atoms with Crippen molar-refractivity contribution in [3.8, 4) is 17.2 Å². The molecule has 2 rings (SSSR count). The summed E-state index contributed by atoms with van der Waals surface area (Å²) in [5.74, 6) is 0.202. The monoisotopic (exact) mass is 454 g/mol. The molecule has 1 aromatic carbocycles. The number of carbonyl (C=O) groups is 1. The molecular weight excluding hydrogens is 420 g/mol. The number of fused-ring (bicyclic) bond motifs is 1. The van der Waals surface area contributed by atoms with Gasteiger partial charge in [0.1, 0.15) is 17.9 Å². The summed E-state index contributed by atoms with van der Waals surface area (Å²) in [4.78, 5) is 24.0. The number of benzene rings is 1. The molecule has 0 saturated heterocycles. The van der Waals surface area contributed by atoms with Gasteiger partial charge in [-0.3, -0.25) is 4.79 Å². The second kappa shape index (κ2) is 13.3. The topological polar surface area (TPSA) is 75.0 Å². The lowest BCUT2D eigenvalue weighted by Gasteiger charge is -2.13. The largest absolute Gasteiger partial charge is 0.488 e. The quantitative estimate of drug-likeness (QED) is 0.119. The molecule has 0 aliphatic carbocycles. The van der Waals surface area contributed by atoms with E-state index in [0.29, 0.717) is 29.9 Å². The molecule has 0 fully saturated rings. The van der Waals surface area contributed by atoms with Crippen LogP contribution in [0, 0.1) is 0 Å². The van der Waals surface area contributed by atoms with Crippen molar-refractivity contribution < 1.29 is 23.4 Å². The van der Waals surface area contributed by atoms with E-state index in [0.717, 1.165) is 19.3 Å². The highest BCUT2D eigenvalue weighted by atomic mass is 16.5. The van der Waals surface area contributed by atoms with Crippen LogP contribution in [0.1, 0.15) is 60.3 Å². The first kappa shape index (κ1) is 26.0. The molecule has 1 aromatic heterocycles. The maximum Gasteiger partial charge on any atom is 0.383 e. The number of hydrogen-bond acceptors (Lipinski definition) is 6. The summed E-state index contributed by atoms with van der Waals surface area (Å²) in [7, 11) is 0. The van der Waals surface area contributed by atoms with Gasteiger partial charge in [-0.25, -0.2) is 4.79 Å². The van der Waals surface area contributed by atoms with Crippen LogP contribution in [0.2, 0.25) is 0 Å². The molecule has 0 aliphatic heterocycles. The molecule has 0 amide bonds. The lowest BCUT2D eigenvalue weighted by atomic mass is 10.1. The maximum absolute atomic E-state index is 12.7. The van der Waals surface area contributed by atoms with E-state index in [1.54, 1.807) is 12.1 Å². The SMILES string of the molecule is CC/C=C/CCOc1c(OC/C=C(\C)CCC=C(C)C)c(=O)oc2cc(OC(C)=O)ccc12. The number of carbonyl (C=O) groups excluding carboxylic acids is 1. The molecule has 0 aliphatic rings. The number of ether oxygens (including phenoxy) is 3. The van der Waals surface area contributed by atoms with Crippen LogP contribution in [-0.2, 0) is 4.79 Å². The van der Waals surface area contributed by atoms with Gasteiger partial charge in [0, 0.05) is 13.0 Å². The van der Waals surface area contributed by atoms with E-state index < -0.39 is 11.6 Å². The average Bonchev–Trinajstić information content (AvgIpc) is 2.74. The minimum absolute atomic E-state index is 0.0376. The first-order valence-corrected chi connectivity index (χ1v) is 11.3. The second-order valence-electron chi connectivity index (χ2n) is 8.00. The molecule has 0 N–H and O–H groups in total. The zero-order valence-electron chi connectivity index (χ0n) is 20.2. The molecule has 0 bridgehead atoms. The molecule has 178 valence electrons. The number of hydrogen-bond donors (Lipinski definition) is 0. The lowest BCUT2D eigenvalue weighted by molar-refractivity contribution is -0.131. The standard InChI is InChI=1S/C27H34O6/c1-6-7-8-9-16-30-25-23-14-13-22(32-21(5)28)18-24(23)33-27(29)26(25)31-17-15-20(4)12-10-11-19(2)3/h7-8,11,13-15,18H,6,9-10,12,16-17H2,1-5H3/b8-7+,20-15+. The predicted molar refractivity (Wildman–Crippen MR) is 131 cm³/mol. The van der Waals surface area contributed by atoms with Crippen molar-refractivity contribution in [1.29, 1.82) is 0 Å². The Morgan fingerprint density at radius 2 is 1.79 bits per heavy atom. The van der Waals surface area contributed by atoms with E-state index in [1.165, 1.54) is 24.1 Å². The van der Waals surface area contributed by atoms with Gasteiger partial charge >= 0.3 is 11.6 Å². The van der Waals surface area contributed by atoms with Gasteiger partial charge in [-0.2, -0.15) is 0 Å². The van der Waals surface area contributed by atoms with Crippen LogP contribution in [0.4, 0.5) is 0 Å². The fourth-order valence-corrected chi connectivity index (χ4v) is 3.10. The summed E-state index contributed by atoms with van der Waals surface area (Å²) < 4.78 is 22.4. The predicted octanol–water partition coefficient (Wildman–Crippen LogP) is 6.52. The summed E-state index contributed by atoms with van der Waals surface area (Å²) in [6, 6.07) is 4.82. The van der Waals surface area contributed by atoms with Crippen molar-refractivity contribution in [2.75, 3.05) is 13.2 Å². The fraction of sp³-hybridized carbons (Fsp3) is 0.407. The van der Waals surface area contributed by atoms with Crippen molar-refractivity contribution in [2.24, 2.45) is 0 Å². The van der Waals surface area contributed by atoms with E-state index >= 15 is 0 Å².